The number of benzene rings is 2. The van der Waals surface area contributed by atoms with E-state index in [0.29, 0.717) is 12.8 Å². The molecule has 1 unspecified atom stereocenters. The molecule has 0 saturated carbocycles. The molecule has 0 aromatic heterocycles. The fourth-order valence-corrected chi connectivity index (χ4v) is 5.26. The summed E-state index contributed by atoms with van der Waals surface area (Å²) in [6.45, 7) is 3.58. The van der Waals surface area contributed by atoms with E-state index in [1.807, 2.05) is 44.2 Å². The van der Waals surface area contributed by atoms with Gasteiger partial charge in [-0.3, -0.25) is 9.59 Å². The zero-order valence-electron chi connectivity index (χ0n) is 18.0. The van der Waals surface area contributed by atoms with Gasteiger partial charge in [-0.25, -0.2) is 8.42 Å². The van der Waals surface area contributed by atoms with Crippen molar-refractivity contribution >= 4 is 21.9 Å². The van der Waals surface area contributed by atoms with Gasteiger partial charge in [-0.1, -0.05) is 48.0 Å². The number of nitrogens with zero attached hydrogens (tertiary/aromatic N) is 2. The maximum atomic E-state index is 13.0. The van der Waals surface area contributed by atoms with Gasteiger partial charge in [0.1, 0.15) is 6.04 Å². The Kier molecular flexibility index (Phi) is 7.12. The molecule has 1 amide bonds. The van der Waals surface area contributed by atoms with Gasteiger partial charge >= 0.3 is 5.97 Å². The van der Waals surface area contributed by atoms with E-state index >= 15 is 0 Å². The molecule has 0 spiro atoms. The average Bonchev–Trinajstić information content (AvgIpc) is 3.28. The molecule has 1 aliphatic rings. The largest absolute Gasteiger partial charge is 0.454 e. The van der Waals surface area contributed by atoms with Crippen molar-refractivity contribution in [3.8, 4) is 0 Å². The van der Waals surface area contributed by atoms with Crippen molar-refractivity contribution < 1.29 is 22.7 Å². The summed E-state index contributed by atoms with van der Waals surface area (Å²) in [5, 5.41) is 0. The van der Waals surface area contributed by atoms with Crippen LogP contribution in [0.2, 0.25) is 0 Å². The average molecular weight is 445 g/mol. The fourth-order valence-electron chi connectivity index (χ4n) is 3.61. The summed E-state index contributed by atoms with van der Waals surface area (Å²) in [6, 6.07) is 15.0. The first-order chi connectivity index (χ1) is 14.7. The summed E-state index contributed by atoms with van der Waals surface area (Å²) in [6.07, 6.45) is 0.929. The van der Waals surface area contributed by atoms with E-state index in [9.17, 15) is 18.0 Å². The molecule has 1 saturated heterocycles. The number of amides is 1. The van der Waals surface area contributed by atoms with Crippen LogP contribution in [0.4, 0.5) is 0 Å². The number of carbonyl (C=O) groups is 2. The van der Waals surface area contributed by atoms with Gasteiger partial charge in [-0.05, 0) is 44.4 Å². The molecule has 2 atom stereocenters. The number of sulfonamides is 1. The second kappa shape index (κ2) is 9.62. The maximum Gasteiger partial charge on any atom is 0.324 e. The molecule has 0 bridgehead atoms. The SMILES string of the molecule is Cc1ccc(S(=O)(=O)N2CCC[C@H]2C(=O)OCC(=O)N(C)C(C)c2ccccc2)cc1. The predicted molar refractivity (Wildman–Crippen MR) is 117 cm³/mol. The molecule has 3 rings (SSSR count). The molecule has 0 N–H and O–H groups in total. The first-order valence-electron chi connectivity index (χ1n) is 10.3. The highest BCUT2D eigenvalue weighted by Gasteiger charge is 2.40. The summed E-state index contributed by atoms with van der Waals surface area (Å²) in [4.78, 5) is 26.8. The highest BCUT2D eigenvalue weighted by atomic mass is 32.2. The lowest BCUT2D eigenvalue weighted by Crippen LogP contribution is -2.42. The molecule has 7 nitrogen and oxygen atoms in total. The van der Waals surface area contributed by atoms with Crippen LogP contribution in [0.25, 0.3) is 0 Å². The maximum absolute atomic E-state index is 13.0. The van der Waals surface area contributed by atoms with E-state index in [1.54, 1.807) is 19.2 Å². The van der Waals surface area contributed by atoms with Crippen LogP contribution >= 0.6 is 0 Å². The monoisotopic (exact) mass is 444 g/mol. The van der Waals surface area contributed by atoms with Gasteiger partial charge < -0.3 is 9.64 Å². The van der Waals surface area contributed by atoms with Crippen molar-refractivity contribution in [3.05, 3.63) is 65.7 Å². The number of carbonyl (C=O) groups excluding carboxylic acids is 2. The van der Waals surface area contributed by atoms with E-state index in [1.165, 1.54) is 21.3 Å². The Morgan fingerprint density at radius 3 is 2.42 bits per heavy atom. The Bertz CT molecular complexity index is 1020. The van der Waals surface area contributed by atoms with Crippen LogP contribution in [0.1, 0.15) is 36.9 Å². The normalized spacial score (nSPS) is 17.8. The third-order valence-corrected chi connectivity index (χ3v) is 7.62. The van der Waals surface area contributed by atoms with Crippen molar-refractivity contribution in [2.75, 3.05) is 20.2 Å². The zero-order chi connectivity index (χ0) is 22.6. The zero-order valence-corrected chi connectivity index (χ0v) is 18.8. The molecule has 1 heterocycles. The lowest BCUT2D eigenvalue weighted by atomic mass is 10.1. The Balaban J connectivity index is 1.63. The minimum Gasteiger partial charge on any atom is -0.454 e. The second-order valence-electron chi connectivity index (χ2n) is 7.79. The van der Waals surface area contributed by atoms with Crippen LogP contribution in [0.3, 0.4) is 0 Å². The van der Waals surface area contributed by atoms with Gasteiger partial charge in [-0.2, -0.15) is 4.31 Å². The first kappa shape index (κ1) is 23.0. The number of hydrogen-bond donors (Lipinski definition) is 0. The Morgan fingerprint density at radius 2 is 1.77 bits per heavy atom. The van der Waals surface area contributed by atoms with Crippen molar-refractivity contribution in [1.29, 1.82) is 0 Å². The van der Waals surface area contributed by atoms with Crippen LogP contribution in [0, 0.1) is 6.92 Å². The molecule has 0 radical (unpaired) electrons. The molecule has 1 fully saturated rings. The van der Waals surface area contributed by atoms with E-state index in [4.69, 9.17) is 4.74 Å². The van der Waals surface area contributed by atoms with Crippen molar-refractivity contribution in [1.82, 2.24) is 9.21 Å². The summed E-state index contributed by atoms with van der Waals surface area (Å²) in [5.41, 5.74) is 1.92. The van der Waals surface area contributed by atoms with Crippen LogP contribution in [0.15, 0.2) is 59.5 Å². The lowest BCUT2D eigenvalue weighted by molar-refractivity contribution is -0.155. The third-order valence-electron chi connectivity index (χ3n) is 5.70. The van der Waals surface area contributed by atoms with Crippen LogP contribution < -0.4 is 0 Å². The van der Waals surface area contributed by atoms with E-state index < -0.39 is 28.6 Å². The molecule has 2 aromatic rings. The number of esters is 1. The van der Waals surface area contributed by atoms with Crippen molar-refractivity contribution in [3.63, 3.8) is 0 Å². The molecule has 0 aliphatic carbocycles. The fraction of sp³-hybridized carbons (Fsp3) is 0.391. The topological polar surface area (TPSA) is 84.0 Å². The standard InChI is InChI=1S/C23H28N2O5S/c1-17-11-13-20(14-12-17)31(28,29)25-15-7-10-21(25)23(27)30-16-22(26)24(3)18(2)19-8-5-4-6-9-19/h4-6,8-9,11-14,18,21H,7,10,15-16H2,1-3H3/t18?,21-/m0/s1. The molecular formula is C23H28N2O5S. The lowest BCUT2D eigenvalue weighted by Gasteiger charge is -2.26. The Labute approximate surface area is 183 Å². The first-order valence-corrected chi connectivity index (χ1v) is 11.7. The van der Waals surface area contributed by atoms with Gasteiger partial charge in [0.2, 0.25) is 10.0 Å². The number of likely N-dealkylation sites (N-methyl/N-ethyl adjacent to an activating group) is 1. The summed E-state index contributed by atoms with van der Waals surface area (Å²) < 4.78 is 32.4. The molecule has 2 aromatic carbocycles. The quantitative estimate of drug-likeness (QED) is 0.613. The minimum atomic E-state index is -3.82. The van der Waals surface area contributed by atoms with Gasteiger partial charge in [0.15, 0.2) is 6.61 Å². The van der Waals surface area contributed by atoms with E-state index in [2.05, 4.69) is 0 Å². The number of rotatable bonds is 7. The van der Waals surface area contributed by atoms with Gasteiger partial charge in [0.25, 0.3) is 5.91 Å². The number of hydrogen-bond acceptors (Lipinski definition) is 5. The van der Waals surface area contributed by atoms with Gasteiger partial charge in [0, 0.05) is 13.6 Å². The van der Waals surface area contributed by atoms with Crippen LogP contribution in [-0.4, -0.2) is 55.7 Å². The molecule has 8 heteroatoms. The number of ether oxygens (including phenoxy) is 1. The Hall–Kier alpha value is -2.71. The number of aryl methyl sites for hydroxylation is 1. The smallest absolute Gasteiger partial charge is 0.324 e. The van der Waals surface area contributed by atoms with Crippen molar-refractivity contribution in [2.45, 2.75) is 43.7 Å². The highest BCUT2D eigenvalue weighted by Crippen LogP contribution is 2.27. The minimum absolute atomic E-state index is 0.144. The van der Waals surface area contributed by atoms with Gasteiger partial charge in [-0.15, -0.1) is 0 Å². The van der Waals surface area contributed by atoms with Crippen LogP contribution in [-0.2, 0) is 24.3 Å². The summed E-state index contributed by atoms with van der Waals surface area (Å²) in [5.74, 6) is -1.04. The Morgan fingerprint density at radius 1 is 1.13 bits per heavy atom. The summed E-state index contributed by atoms with van der Waals surface area (Å²) >= 11 is 0. The molecule has 166 valence electrons. The van der Waals surface area contributed by atoms with Crippen molar-refractivity contribution in [2.24, 2.45) is 0 Å². The van der Waals surface area contributed by atoms with E-state index in [-0.39, 0.29) is 23.4 Å². The predicted octanol–water partition coefficient (Wildman–Crippen LogP) is 2.91. The molecule has 1 aliphatic heterocycles. The van der Waals surface area contributed by atoms with E-state index in [0.717, 1.165) is 11.1 Å². The molecule has 31 heavy (non-hydrogen) atoms. The molecular weight excluding hydrogens is 416 g/mol. The van der Waals surface area contributed by atoms with Gasteiger partial charge in [0.05, 0.1) is 10.9 Å². The third kappa shape index (κ3) is 5.14. The highest BCUT2D eigenvalue weighted by molar-refractivity contribution is 7.89. The second-order valence-corrected chi connectivity index (χ2v) is 9.68. The van der Waals surface area contributed by atoms with Crippen LogP contribution in [0.5, 0.6) is 0 Å². The summed E-state index contributed by atoms with van der Waals surface area (Å²) in [7, 11) is -2.17.